The molecule has 0 atom stereocenters. The van der Waals surface area contributed by atoms with E-state index < -0.39 is 0 Å². The maximum atomic E-state index is 12.0. The number of hydrogen-bond acceptors (Lipinski definition) is 3. The molecule has 2 aromatic carbocycles. The molecule has 0 heterocycles. The number of rotatable bonds is 4. The number of carbonyl (C=O) groups is 1. The number of nitrogens with two attached hydrogens (primary N) is 1. The molecule has 2 aromatic rings. The predicted octanol–water partition coefficient (Wildman–Crippen LogP) is 3.56. The van der Waals surface area contributed by atoms with E-state index in [1.165, 1.54) is 0 Å². The third kappa shape index (κ3) is 3.89. The molecular weight excluding hydrogens is 288 g/mol. The molecule has 0 aliphatic heterocycles. The van der Waals surface area contributed by atoms with Crippen molar-refractivity contribution >= 4 is 28.9 Å². The number of ether oxygens (including phenoxy) is 1. The maximum absolute atomic E-state index is 12.0. The summed E-state index contributed by atoms with van der Waals surface area (Å²) in [6.45, 7) is 3.67. The third-order valence-corrected chi connectivity index (χ3v) is 3.30. The fourth-order valence-electron chi connectivity index (χ4n) is 1.95. The highest BCUT2D eigenvalue weighted by atomic mass is 35.5. The molecule has 0 saturated carbocycles. The molecule has 110 valence electrons. The van der Waals surface area contributed by atoms with E-state index in [2.05, 4.69) is 5.32 Å². The number of hydrogen-bond donors (Lipinski definition) is 2. The lowest BCUT2D eigenvalue weighted by Crippen LogP contribution is -2.21. The van der Waals surface area contributed by atoms with Crippen molar-refractivity contribution in [3.8, 4) is 5.75 Å². The van der Waals surface area contributed by atoms with E-state index in [0.717, 1.165) is 11.1 Å². The molecule has 0 aliphatic rings. The van der Waals surface area contributed by atoms with Crippen LogP contribution in [0.3, 0.4) is 0 Å². The summed E-state index contributed by atoms with van der Waals surface area (Å²) in [6, 6.07) is 10.7. The Hall–Kier alpha value is -2.20. The monoisotopic (exact) mass is 304 g/mol. The molecule has 2 rings (SSSR count). The first-order chi connectivity index (χ1) is 9.97. The van der Waals surface area contributed by atoms with Gasteiger partial charge < -0.3 is 15.8 Å². The first kappa shape index (κ1) is 15.2. The summed E-state index contributed by atoms with van der Waals surface area (Å²) in [5.74, 6) is 0.373. The van der Waals surface area contributed by atoms with Gasteiger partial charge in [0.2, 0.25) is 0 Å². The number of amides is 1. The summed E-state index contributed by atoms with van der Waals surface area (Å²) in [6.07, 6.45) is 0. The second-order valence-corrected chi connectivity index (χ2v) is 5.22. The molecule has 1 amide bonds. The lowest BCUT2D eigenvalue weighted by molar-refractivity contribution is -0.118. The number of nitrogens with one attached hydrogen (secondary N) is 1. The van der Waals surface area contributed by atoms with E-state index in [1.807, 2.05) is 26.0 Å². The summed E-state index contributed by atoms with van der Waals surface area (Å²) >= 11 is 5.87. The van der Waals surface area contributed by atoms with Gasteiger partial charge in [-0.1, -0.05) is 23.7 Å². The molecule has 0 bridgehead atoms. The summed E-state index contributed by atoms with van der Waals surface area (Å²) < 4.78 is 5.49. The average Bonchev–Trinajstić information content (AvgIpc) is 2.42. The van der Waals surface area contributed by atoms with E-state index >= 15 is 0 Å². The van der Waals surface area contributed by atoms with Crippen LogP contribution in [0.25, 0.3) is 0 Å². The minimum Gasteiger partial charge on any atom is -0.483 e. The Kier molecular flexibility index (Phi) is 4.70. The van der Waals surface area contributed by atoms with Gasteiger partial charge in [0.05, 0.1) is 11.4 Å². The third-order valence-electron chi connectivity index (χ3n) is 3.07. The summed E-state index contributed by atoms with van der Waals surface area (Å²) in [5.41, 5.74) is 8.79. The Morgan fingerprint density at radius 2 is 2.00 bits per heavy atom. The fourth-order valence-corrected chi connectivity index (χ4v) is 2.18. The van der Waals surface area contributed by atoms with Gasteiger partial charge in [0, 0.05) is 5.02 Å². The van der Waals surface area contributed by atoms with Crippen LogP contribution >= 0.6 is 11.6 Å². The summed E-state index contributed by atoms with van der Waals surface area (Å²) in [5, 5.41) is 3.40. The number of nitrogen functional groups attached to an aromatic ring is 1. The van der Waals surface area contributed by atoms with Crippen molar-refractivity contribution in [1.82, 2.24) is 0 Å². The van der Waals surface area contributed by atoms with Crippen LogP contribution in [-0.4, -0.2) is 12.5 Å². The minimum atomic E-state index is -0.259. The molecule has 0 aliphatic carbocycles. The SMILES string of the molecule is Cc1cc(Cl)ccc1OCC(=O)Nc1c(C)cccc1N. The quantitative estimate of drug-likeness (QED) is 0.849. The molecule has 3 N–H and O–H groups in total. The van der Waals surface area contributed by atoms with Gasteiger partial charge in [-0.2, -0.15) is 0 Å². The van der Waals surface area contributed by atoms with Crippen molar-refractivity contribution in [1.29, 1.82) is 0 Å². The lowest BCUT2D eigenvalue weighted by Gasteiger charge is -2.12. The normalized spacial score (nSPS) is 10.2. The highest BCUT2D eigenvalue weighted by molar-refractivity contribution is 6.30. The lowest BCUT2D eigenvalue weighted by atomic mass is 10.1. The van der Waals surface area contributed by atoms with Crippen LogP contribution in [0.2, 0.25) is 5.02 Å². The number of benzene rings is 2. The van der Waals surface area contributed by atoms with Gasteiger partial charge in [-0.15, -0.1) is 0 Å². The minimum absolute atomic E-state index is 0.0871. The summed E-state index contributed by atoms with van der Waals surface area (Å²) in [4.78, 5) is 12.0. The van der Waals surface area contributed by atoms with Crippen molar-refractivity contribution in [2.45, 2.75) is 13.8 Å². The van der Waals surface area contributed by atoms with Gasteiger partial charge >= 0.3 is 0 Å². The molecule has 0 fully saturated rings. The Labute approximate surface area is 128 Å². The van der Waals surface area contributed by atoms with Gasteiger partial charge in [0.15, 0.2) is 6.61 Å². The fraction of sp³-hybridized carbons (Fsp3) is 0.188. The van der Waals surface area contributed by atoms with Crippen LogP contribution in [0.15, 0.2) is 36.4 Å². The van der Waals surface area contributed by atoms with Gasteiger partial charge in [0.25, 0.3) is 5.91 Å². The second-order valence-electron chi connectivity index (χ2n) is 4.79. The molecular formula is C16H17ClN2O2. The zero-order valence-electron chi connectivity index (χ0n) is 11.9. The molecule has 0 radical (unpaired) electrons. The Morgan fingerprint density at radius 1 is 1.24 bits per heavy atom. The van der Waals surface area contributed by atoms with E-state index in [0.29, 0.717) is 22.1 Å². The van der Waals surface area contributed by atoms with Gasteiger partial charge in [-0.3, -0.25) is 4.79 Å². The largest absolute Gasteiger partial charge is 0.483 e. The van der Waals surface area contributed by atoms with Crippen LogP contribution in [0.5, 0.6) is 5.75 Å². The first-order valence-corrected chi connectivity index (χ1v) is 6.89. The van der Waals surface area contributed by atoms with Gasteiger partial charge in [0.1, 0.15) is 5.75 Å². The van der Waals surface area contributed by atoms with E-state index in [9.17, 15) is 4.79 Å². The van der Waals surface area contributed by atoms with Crippen molar-refractivity contribution in [2.24, 2.45) is 0 Å². The Balaban J connectivity index is 1.99. The van der Waals surface area contributed by atoms with E-state index in [-0.39, 0.29) is 12.5 Å². The smallest absolute Gasteiger partial charge is 0.262 e. The van der Waals surface area contributed by atoms with Crippen LogP contribution in [0, 0.1) is 13.8 Å². The average molecular weight is 305 g/mol. The first-order valence-electron chi connectivity index (χ1n) is 6.51. The van der Waals surface area contributed by atoms with E-state index in [4.69, 9.17) is 22.1 Å². The van der Waals surface area contributed by atoms with E-state index in [1.54, 1.807) is 24.3 Å². The molecule has 0 unspecified atom stereocenters. The van der Waals surface area contributed by atoms with Crippen LogP contribution in [-0.2, 0) is 4.79 Å². The molecule has 0 spiro atoms. The number of para-hydroxylation sites is 1. The Morgan fingerprint density at radius 3 is 2.67 bits per heavy atom. The van der Waals surface area contributed by atoms with Crippen molar-refractivity contribution in [2.75, 3.05) is 17.7 Å². The number of halogens is 1. The zero-order chi connectivity index (χ0) is 15.4. The number of aryl methyl sites for hydroxylation is 2. The van der Waals surface area contributed by atoms with Crippen LogP contribution < -0.4 is 15.8 Å². The van der Waals surface area contributed by atoms with Crippen LogP contribution in [0.4, 0.5) is 11.4 Å². The number of anilines is 2. The van der Waals surface area contributed by atoms with Crippen molar-refractivity contribution in [3.63, 3.8) is 0 Å². The maximum Gasteiger partial charge on any atom is 0.262 e. The van der Waals surface area contributed by atoms with Crippen molar-refractivity contribution < 1.29 is 9.53 Å². The molecule has 0 aromatic heterocycles. The molecule has 4 nitrogen and oxygen atoms in total. The number of carbonyl (C=O) groups excluding carboxylic acids is 1. The molecule has 0 saturated heterocycles. The highest BCUT2D eigenvalue weighted by Crippen LogP contribution is 2.23. The zero-order valence-corrected chi connectivity index (χ0v) is 12.7. The highest BCUT2D eigenvalue weighted by Gasteiger charge is 2.09. The molecule has 21 heavy (non-hydrogen) atoms. The second kappa shape index (κ2) is 6.50. The molecule has 5 heteroatoms. The standard InChI is InChI=1S/C16H17ClN2O2/c1-10-4-3-5-13(18)16(10)19-15(20)9-21-14-7-6-12(17)8-11(14)2/h3-8H,9,18H2,1-2H3,(H,19,20). The Bertz CT molecular complexity index is 651. The van der Waals surface area contributed by atoms with Crippen molar-refractivity contribution in [3.05, 3.63) is 52.5 Å². The van der Waals surface area contributed by atoms with Gasteiger partial charge in [-0.25, -0.2) is 0 Å². The summed E-state index contributed by atoms with van der Waals surface area (Å²) in [7, 11) is 0. The predicted molar refractivity (Wildman–Crippen MR) is 85.9 cm³/mol. The topological polar surface area (TPSA) is 64.3 Å². The van der Waals surface area contributed by atoms with Crippen LogP contribution in [0.1, 0.15) is 11.1 Å². The van der Waals surface area contributed by atoms with Gasteiger partial charge in [-0.05, 0) is 49.2 Å².